The van der Waals surface area contributed by atoms with Crippen LogP contribution in [0.25, 0.3) is 17.0 Å². The van der Waals surface area contributed by atoms with E-state index < -0.39 is 6.04 Å². The molecule has 1 aliphatic heterocycles. The number of carbonyl (C=O) groups excluding carboxylic acids is 1. The molecule has 0 saturated heterocycles. The fourth-order valence-corrected chi connectivity index (χ4v) is 4.34. The second-order valence-corrected chi connectivity index (χ2v) is 8.87. The molecule has 6 nitrogen and oxygen atoms in total. The Labute approximate surface area is 207 Å². The van der Waals surface area contributed by atoms with Crippen LogP contribution in [-0.2, 0) is 6.54 Å². The van der Waals surface area contributed by atoms with Crippen molar-refractivity contribution in [1.82, 2.24) is 20.4 Å². The predicted octanol–water partition coefficient (Wildman–Crippen LogP) is 6.54. The number of nitrogens with one attached hydrogen (secondary N) is 1. The molecule has 35 heavy (non-hydrogen) atoms. The van der Waals surface area contributed by atoms with Gasteiger partial charge < -0.3 is 9.84 Å². The Hall–Kier alpha value is -3.97. The van der Waals surface area contributed by atoms with Crippen LogP contribution >= 0.6 is 11.6 Å². The molecule has 2 amide bonds. The highest BCUT2D eigenvalue weighted by atomic mass is 35.5. The minimum atomic E-state index is -0.593. The number of allylic oxidation sites excluding steroid dienone is 1. The van der Waals surface area contributed by atoms with Gasteiger partial charge in [0.15, 0.2) is 0 Å². The first kappa shape index (κ1) is 22.8. The van der Waals surface area contributed by atoms with Crippen molar-refractivity contribution in [3.05, 3.63) is 112 Å². The molecule has 1 N–H and O–H groups in total. The van der Waals surface area contributed by atoms with Crippen LogP contribution in [0.4, 0.5) is 9.18 Å². The van der Waals surface area contributed by atoms with Gasteiger partial charge in [0, 0.05) is 16.3 Å². The molecule has 1 unspecified atom stereocenters. The van der Waals surface area contributed by atoms with E-state index >= 15 is 0 Å². The minimum absolute atomic E-state index is 0.281. The van der Waals surface area contributed by atoms with Gasteiger partial charge in [-0.3, -0.25) is 4.90 Å². The molecule has 0 fully saturated rings. The van der Waals surface area contributed by atoms with Gasteiger partial charge in [0.2, 0.25) is 5.82 Å². The molecule has 0 saturated carbocycles. The number of hydrogen-bond donors (Lipinski definition) is 1. The summed E-state index contributed by atoms with van der Waals surface area (Å²) in [7, 11) is 0. The summed E-state index contributed by atoms with van der Waals surface area (Å²) in [6.45, 7) is 4.15. The first-order valence-corrected chi connectivity index (χ1v) is 11.5. The number of hydrogen-bond acceptors (Lipinski definition) is 4. The standard InChI is InChI=1S/C27H22ClFN4O2/c1-16-6-8-20(9-7-16)25-31-26(35-32-25)23-17(2)33(15-18-4-3-5-21(28)14-18)27(34)30-24(23)19-10-12-22(29)13-11-19/h3-14,24H,15H2,1-2H3,(H,30,34). The number of amides is 2. The van der Waals surface area contributed by atoms with E-state index in [4.69, 9.17) is 16.1 Å². The SMILES string of the molecule is CC1=C(c2nc(-c3ccc(C)cc3)no2)C(c2ccc(F)cc2)NC(=O)N1Cc1cccc(Cl)c1. The molecule has 8 heteroatoms. The van der Waals surface area contributed by atoms with Crippen LogP contribution < -0.4 is 5.32 Å². The molecular weight excluding hydrogens is 467 g/mol. The number of aromatic nitrogens is 2. The average molecular weight is 489 g/mol. The fraction of sp³-hybridized carbons (Fsp3) is 0.148. The maximum absolute atomic E-state index is 13.6. The molecule has 3 aromatic carbocycles. The summed E-state index contributed by atoms with van der Waals surface area (Å²) in [4.78, 5) is 19.4. The van der Waals surface area contributed by atoms with E-state index in [-0.39, 0.29) is 17.7 Å². The number of carbonyl (C=O) groups is 1. The Morgan fingerprint density at radius 2 is 1.80 bits per heavy atom. The fourth-order valence-electron chi connectivity index (χ4n) is 4.12. The molecule has 0 aliphatic carbocycles. The number of urea groups is 1. The number of halogens is 2. The highest BCUT2D eigenvalue weighted by Gasteiger charge is 2.35. The second kappa shape index (κ2) is 9.35. The summed E-state index contributed by atoms with van der Waals surface area (Å²) in [5.74, 6) is 0.361. The predicted molar refractivity (Wildman–Crippen MR) is 132 cm³/mol. The first-order valence-electron chi connectivity index (χ1n) is 11.1. The zero-order valence-electron chi connectivity index (χ0n) is 19.1. The van der Waals surface area contributed by atoms with Gasteiger partial charge in [-0.1, -0.05) is 70.9 Å². The van der Waals surface area contributed by atoms with Crippen molar-refractivity contribution >= 4 is 23.2 Å². The molecular formula is C27H22ClFN4O2. The number of nitrogens with zero attached hydrogens (tertiary/aromatic N) is 3. The molecule has 0 spiro atoms. The van der Waals surface area contributed by atoms with E-state index in [0.717, 1.165) is 16.7 Å². The summed E-state index contributed by atoms with van der Waals surface area (Å²) in [6.07, 6.45) is 0. The van der Waals surface area contributed by atoms with Crippen LogP contribution in [0.3, 0.4) is 0 Å². The summed E-state index contributed by atoms with van der Waals surface area (Å²) < 4.78 is 19.3. The van der Waals surface area contributed by atoms with E-state index in [0.29, 0.717) is 34.2 Å². The number of benzene rings is 3. The van der Waals surface area contributed by atoms with Crippen molar-refractivity contribution < 1.29 is 13.7 Å². The zero-order valence-corrected chi connectivity index (χ0v) is 19.9. The lowest BCUT2D eigenvalue weighted by molar-refractivity contribution is 0.203. The Balaban J connectivity index is 1.59. The highest BCUT2D eigenvalue weighted by molar-refractivity contribution is 6.30. The lowest BCUT2D eigenvalue weighted by Crippen LogP contribution is -2.45. The third-order valence-electron chi connectivity index (χ3n) is 6.00. The highest BCUT2D eigenvalue weighted by Crippen LogP contribution is 2.38. The van der Waals surface area contributed by atoms with Crippen molar-refractivity contribution in [1.29, 1.82) is 0 Å². The van der Waals surface area contributed by atoms with Gasteiger partial charge >= 0.3 is 6.03 Å². The van der Waals surface area contributed by atoms with Crippen LogP contribution in [0.15, 0.2) is 83.0 Å². The lowest BCUT2D eigenvalue weighted by atomic mass is 9.94. The van der Waals surface area contributed by atoms with Gasteiger partial charge in [-0.15, -0.1) is 0 Å². The van der Waals surface area contributed by atoms with Crippen molar-refractivity contribution in [2.45, 2.75) is 26.4 Å². The lowest BCUT2D eigenvalue weighted by Gasteiger charge is -2.35. The van der Waals surface area contributed by atoms with E-state index in [1.165, 1.54) is 12.1 Å². The average Bonchev–Trinajstić information content (AvgIpc) is 3.32. The number of aryl methyl sites for hydroxylation is 1. The van der Waals surface area contributed by atoms with Gasteiger partial charge in [0.25, 0.3) is 5.89 Å². The maximum atomic E-state index is 13.6. The third kappa shape index (κ3) is 4.68. The monoisotopic (exact) mass is 488 g/mol. The smallest absolute Gasteiger partial charge is 0.322 e. The molecule has 1 aliphatic rings. The first-order chi connectivity index (χ1) is 16.9. The largest absolute Gasteiger partial charge is 0.334 e. The Morgan fingerprint density at radius 1 is 1.06 bits per heavy atom. The number of rotatable bonds is 5. The normalized spacial score (nSPS) is 15.9. The summed E-state index contributed by atoms with van der Waals surface area (Å²) in [5, 5.41) is 7.79. The molecule has 0 bridgehead atoms. The van der Waals surface area contributed by atoms with E-state index in [2.05, 4.69) is 15.5 Å². The van der Waals surface area contributed by atoms with Gasteiger partial charge in [0.05, 0.1) is 18.2 Å². The molecule has 1 atom stereocenters. The molecule has 2 heterocycles. The molecule has 0 radical (unpaired) electrons. The minimum Gasteiger partial charge on any atom is -0.334 e. The van der Waals surface area contributed by atoms with Crippen molar-refractivity contribution in [3.63, 3.8) is 0 Å². The van der Waals surface area contributed by atoms with Gasteiger partial charge in [-0.25, -0.2) is 9.18 Å². The Kier molecular flexibility index (Phi) is 6.09. The zero-order chi connectivity index (χ0) is 24.5. The quantitative estimate of drug-likeness (QED) is 0.346. The third-order valence-corrected chi connectivity index (χ3v) is 6.23. The summed E-state index contributed by atoms with van der Waals surface area (Å²) in [5.41, 5.74) is 4.81. The maximum Gasteiger partial charge on any atom is 0.322 e. The van der Waals surface area contributed by atoms with Gasteiger partial charge in [-0.2, -0.15) is 4.98 Å². The van der Waals surface area contributed by atoms with Crippen LogP contribution in [0.1, 0.15) is 35.5 Å². The molecule has 5 rings (SSSR count). The second-order valence-electron chi connectivity index (χ2n) is 8.44. The van der Waals surface area contributed by atoms with Gasteiger partial charge in [-0.05, 0) is 49.2 Å². The summed E-state index contributed by atoms with van der Waals surface area (Å²) >= 11 is 6.15. The van der Waals surface area contributed by atoms with Crippen LogP contribution in [-0.4, -0.2) is 21.1 Å². The topological polar surface area (TPSA) is 71.3 Å². The molecule has 176 valence electrons. The van der Waals surface area contributed by atoms with Crippen LogP contribution in [0, 0.1) is 12.7 Å². The van der Waals surface area contributed by atoms with Crippen LogP contribution in [0.2, 0.25) is 5.02 Å². The Morgan fingerprint density at radius 3 is 2.51 bits per heavy atom. The van der Waals surface area contributed by atoms with Crippen LogP contribution in [0.5, 0.6) is 0 Å². The van der Waals surface area contributed by atoms with Crippen molar-refractivity contribution in [3.8, 4) is 11.4 Å². The van der Waals surface area contributed by atoms with E-state index in [1.54, 1.807) is 23.1 Å². The molecule has 1 aromatic heterocycles. The summed E-state index contributed by atoms with van der Waals surface area (Å²) in [6, 6.07) is 20.3. The van der Waals surface area contributed by atoms with Gasteiger partial charge in [0.1, 0.15) is 5.82 Å². The van der Waals surface area contributed by atoms with E-state index in [9.17, 15) is 9.18 Å². The van der Waals surface area contributed by atoms with Crippen molar-refractivity contribution in [2.75, 3.05) is 0 Å². The Bertz CT molecular complexity index is 1410. The van der Waals surface area contributed by atoms with Crippen molar-refractivity contribution in [2.24, 2.45) is 0 Å². The molecule has 4 aromatic rings. The van der Waals surface area contributed by atoms with E-state index in [1.807, 2.05) is 56.3 Å².